The van der Waals surface area contributed by atoms with E-state index in [4.69, 9.17) is 15.8 Å². The molecule has 1 aliphatic rings. The van der Waals surface area contributed by atoms with Crippen LogP contribution in [0.5, 0.6) is 0 Å². The average molecular weight is 398 g/mol. The fourth-order valence-corrected chi connectivity index (χ4v) is 3.73. The molecule has 0 unspecified atom stereocenters. The Morgan fingerprint density at radius 2 is 1.93 bits per heavy atom. The van der Waals surface area contributed by atoms with Crippen molar-refractivity contribution in [2.75, 3.05) is 6.54 Å². The lowest BCUT2D eigenvalue weighted by Gasteiger charge is -2.45. The van der Waals surface area contributed by atoms with Crippen molar-refractivity contribution in [3.05, 3.63) is 35.4 Å². The molecule has 1 aliphatic carbocycles. The van der Waals surface area contributed by atoms with Crippen molar-refractivity contribution in [3.8, 4) is 0 Å². The van der Waals surface area contributed by atoms with E-state index in [9.17, 15) is 18.7 Å². The second-order valence-electron chi connectivity index (χ2n) is 7.74. The highest BCUT2D eigenvalue weighted by molar-refractivity contribution is 6.40. The molecule has 6 N–H and O–H groups in total. The maximum atomic E-state index is 13.2. The highest BCUT2D eigenvalue weighted by atomic mass is 19.2. The molecule has 0 aliphatic heterocycles. The summed E-state index contributed by atoms with van der Waals surface area (Å²) in [5.41, 5.74) is 5.62. The molecule has 28 heavy (non-hydrogen) atoms. The van der Waals surface area contributed by atoms with Gasteiger partial charge in [-0.05, 0) is 68.6 Å². The van der Waals surface area contributed by atoms with Gasteiger partial charge in [0.25, 0.3) is 0 Å². The van der Waals surface area contributed by atoms with E-state index in [0.717, 1.165) is 18.1 Å². The number of nitrogens with one attached hydrogen (secondary N) is 1. The van der Waals surface area contributed by atoms with E-state index in [0.29, 0.717) is 45.1 Å². The number of unbranched alkanes of at least 4 members (excludes halogenated alkanes) is 1. The summed E-state index contributed by atoms with van der Waals surface area (Å²) in [7, 11) is -1.37. The summed E-state index contributed by atoms with van der Waals surface area (Å²) in [5.74, 6) is -2.82. The van der Waals surface area contributed by atoms with Gasteiger partial charge in [-0.1, -0.05) is 18.9 Å². The quantitative estimate of drug-likeness (QED) is 0.270. The summed E-state index contributed by atoms with van der Waals surface area (Å²) in [6.07, 6.45) is 4.32. The van der Waals surface area contributed by atoms with Gasteiger partial charge >= 0.3 is 13.1 Å². The Hall–Kier alpha value is -1.55. The van der Waals surface area contributed by atoms with Crippen molar-refractivity contribution in [2.45, 2.75) is 62.8 Å². The van der Waals surface area contributed by atoms with Crippen LogP contribution in [-0.4, -0.2) is 46.4 Å². The average Bonchev–Trinajstić information content (AvgIpc) is 2.59. The summed E-state index contributed by atoms with van der Waals surface area (Å²) in [5, 5.41) is 30.6. The van der Waals surface area contributed by atoms with Crippen molar-refractivity contribution in [1.29, 1.82) is 0 Å². The summed E-state index contributed by atoms with van der Waals surface area (Å²) in [6.45, 7) is 0.704. The van der Waals surface area contributed by atoms with Crippen LogP contribution in [0.2, 0.25) is 6.32 Å². The van der Waals surface area contributed by atoms with Gasteiger partial charge in [-0.15, -0.1) is 0 Å². The topological polar surface area (TPSA) is 116 Å². The largest absolute Gasteiger partial charge is 0.480 e. The molecule has 6 nitrogen and oxygen atoms in total. The Kier molecular flexibility index (Phi) is 8.36. The van der Waals surface area contributed by atoms with Crippen LogP contribution in [0.1, 0.15) is 44.1 Å². The first kappa shape index (κ1) is 22.7. The molecule has 1 saturated carbocycles. The van der Waals surface area contributed by atoms with E-state index >= 15 is 0 Å². The maximum absolute atomic E-state index is 13.2. The molecule has 1 aromatic carbocycles. The third kappa shape index (κ3) is 6.23. The number of aliphatic carboxylic acids is 1. The van der Waals surface area contributed by atoms with Gasteiger partial charge in [0.15, 0.2) is 11.6 Å². The first-order valence-electron chi connectivity index (χ1n) is 9.78. The van der Waals surface area contributed by atoms with Crippen LogP contribution in [-0.2, 0) is 11.2 Å². The number of rotatable bonds is 12. The Balaban J connectivity index is 1.68. The van der Waals surface area contributed by atoms with E-state index in [1.165, 1.54) is 6.07 Å². The molecular weight excluding hydrogens is 369 g/mol. The molecule has 0 amide bonds. The maximum Gasteiger partial charge on any atom is 0.451 e. The predicted octanol–water partition coefficient (Wildman–Crippen LogP) is 1.69. The third-order valence-corrected chi connectivity index (χ3v) is 5.63. The van der Waals surface area contributed by atoms with Gasteiger partial charge < -0.3 is 26.2 Å². The lowest BCUT2D eigenvalue weighted by Crippen LogP contribution is -2.61. The molecule has 156 valence electrons. The summed E-state index contributed by atoms with van der Waals surface area (Å²) >= 11 is 0. The van der Waals surface area contributed by atoms with Crippen LogP contribution in [0.25, 0.3) is 0 Å². The number of nitrogens with two attached hydrogens (primary N) is 1. The number of carboxylic acid groups (broad SMARTS) is 1. The molecular formula is C19H29BF2N2O4. The molecule has 9 heteroatoms. The highest BCUT2D eigenvalue weighted by Gasteiger charge is 2.47. The van der Waals surface area contributed by atoms with Crippen molar-refractivity contribution in [3.63, 3.8) is 0 Å². The van der Waals surface area contributed by atoms with Crippen molar-refractivity contribution < 1.29 is 28.7 Å². The number of benzene rings is 1. The van der Waals surface area contributed by atoms with Crippen LogP contribution in [0.4, 0.5) is 8.78 Å². The normalized spacial score (nSPS) is 21.0. The van der Waals surface area contributed by atoms with Crippen molar-refractivity contribution in [2.24, 2.45) is 11.7 Å². The van der Waals surface area contributed by atoms with E-state index < -0.39 is 30.3 Å². The molecule has 0 bridgehead atoms. The van der Waals surface area contributed by atoms with Gasteiger partial charge in [-0.3, -0.25) is 4.79 Å². The minimum Gasteiger partial charge on any atom is -0.480 e. The fourth-order valence-electron chi connectivity index (χ4n) is 3.73. The van der Waals surface area contributed by atoms with Gasteiger partial charge in [-0.25, -0.2) is 8.78 Å². The molecule has 0 saturated heterocycles. The summed E-state index contributed by atoms with van der Waals surface area (Å²) in [4.78, 5) is 11.7. The van der Waals surface area contributed by atoms with E-state index in [-0.39, 0.29) is 18.3 Å². The van der Waals surface area contributed by atoms with Gasteiger partial charge in [0.1, 0.15) is 5.54 Å². The van der Waals surface area contributed by atoms with E-state index in [1.807, 2.05) is 0 Å². The standard InChI is InChI=1S/C19H29BF2N2O4/c21-16-6-5-13(10-17(16)22)4-3-9-24-15-11-14(12-15)19(23,18(25)26)7-1-2-8-20(27)28/h5-6,10,14-15,24,27-28H,1-4,7-9,11-12,23H2,(H,25,26)/t14?,15?,19-/m0/s1. The molecule has 0 aromatic heterocycles. The molecule has 0 heterocycles. The molecule has 1 aromatic rings. The zero-order valence-corrected chi connectivity index (χ0v) is 15.9. The van der Waals surface area contributed by atoms with Gasteiger partial charge in [0.2, 0.25) is 0 Å². The van der Waals surface area contributed by atoms with Crippen LogP contribution < -0.4 is 11.1 Å². The van der Waals surface area contributed by atoms with Crippen LogP contribution in [0.15, 0.2) is 18.2 Å². The van der Waals surface area contributed by atoms with Crippen LogP contribution >= 0.6 is 0 Å². The Morgan fingerprint density at radius 3 is 2.54 bits per heavy atom. The van der Waals surface area contributed by atoms with Gasteiger partial charge in [0, 0.05) is 6.04 Å². The van der Waals surface area contributed by atoms with E-state index in [2.05, 4.69) is 5.32 Å². The minimum atomic E-state index is -1.37. The molecule has 0 radical (unpaired) electrons. The number of hydrogen-bond donors (Lipinski definition) is 5. The lowest BCUT2D eigenvalue weighted by atomic mass is 9.66. The number of carboxylic acids is 1. The zero-order valence-electron chi connectivity index (χ0n) is 15.9. The number of hydrogen-bond acceptors (Lipinski definition) is 5. The smallest absolute Gasteiger partial charge is 0.451 e. The Labute approximate surface area is 164 Å². The second kappa shape index (κ2) is 10.3. The second-order valence-corrected chi connectivity index (χ2v) is 7.74. The fraction of sp³-hybridized carbons (Fsp3) is 0.632. The van der Waals surface area contributed by atoms with Crippen molar-refractivity contribution in [1.82, 2.24) is 5.32 Å². The SMILES string of the molecule is N[C@](CCCCB(O)O)(C(=O)O)C1CC(NCCCc2ccc(F)c(F)c2)C1. The molecule has 1 fully saturated rings. The number of carbonyl (C=O) groups is 1. The van der Waals surface area contributed by atoms with Crippen LogP contribution in [0.3, 0.4) is 0 Å². The van der Waals surface area contributed by atoms with Gasteiger partial charge in [0.05, 0.1) is 0 Å². The Morgan fingerprint density at radius 1 is 1.21 bits per heavy atom. The molecule has 1 atom stereocenters. The van der Waals surface area contributed by atoms with E-state index in [1.54, 1.807) is 6.07 Å². The highest BCUT2D eigenvalue weighted by Crippen LogP contribution is 2.38. The monoisotopic (exact) mass is 398 g/mol. The first-order valence-corrected chi connectivity index (χ1v) is 9.78. The molecule has 0 spiro atoms. The number of halogens is 2. The van der Waals surface area contributed by atoms with Crippen molar-refractivity contribution >= 4 is 13.1 Å². The zero-order chi connectivity index (χ0) is 20.7. The summed E-state index contributed by atoms with van der Waals surface area (Å²) in [6, 6.07) is 4.11. The minimum absolute atomic E-state index is 0.118. The molecule has 2 rings (SSSR count). The Bertz CT molecular complexity index is 659. The predicted molar refractivity (Wildman–Crippen MR) is 103 cm³/mol. The van der Waals surface area contributed by atoms with Gasteiger partial charge in [-0.2, -0.15) is 0 Å². The third-order valence-electron chi connectivity index (χ3n) is 5.63. The van der Waals surface area contributed by atoms with Crippen LogP contribution in [0, 0.1) is 17.6 Å². The first-order chi connectivity index (χ1) is 13.2. The lowest BCUT2D eigenvalue weighted by molar-refractivity contribution is -0.148. The number of aryl methyl sites for hydroxylation is 1. The summed E-state index contributed by atoms with van der Waals surface area (Å²) < 4.78 is 26.1.